The molecule has 1 atom stereocenters. The van der Waals surface area contributed by atoms with Crippen molar-refractivity contribution in [3.63, 3.8) is 0 Å². The third-order valence-corrected chi connectivity index (χ3v) is 7.32. The van der Waals surface area contributed by atoms with Crippen LogP contribution in [0.25, 0.3) is 22.2 Å². The fourth-order valence-electron chi connectivity index (χ4n) is 4.99. The molecule has 242 valence electrons. The van der Waals surface area contributed by atoms with Crippen molar-refractivity contribution in [2.24, 2.45) is 0 Å². The van der Waals surface area contributed by atoms with Crippen LogP contribution >= 0.6 is 0 Å². The number of halogens is 2. The van der Waals surface area contributed by atoms with E-state index in [0.29, 0.717) is 28.9 Å². The maximum absolute atomic E-state index is 15.7. The summed E-state index contributed by atoms with van der Waals surface area (Å²) < 4.78 is 43.0. The number of pyridine rings is 2. The maximum atomic E-state index is 15.7. The summed E-state index contributed by atoms with van der Waals surface area (Å²) in [5.74, 6) is -2.86. The molecule has 3 heterocycles. The number of hydrogen-bond acceptors (Lipinski definition) is 9. The van der Waals surface area contributed by atoms with Crippen LogP contribution in [0.3, 0.4) is 0 Å². The normalized spacial score (nSPS) is 12.0. The minimum atomic E-state index is -1.06. The Hall–Kier alpha value is -5.69. The predicted molar refractivity (Wildman–Crippen MR) is 176 cm³/mol. The molecule has 1 unspecified atom stereocenters. The van der Waals surface area contributed by atoms with E-state index in [4.69, 9.17) is 9.47 Å². The number of carbonyl (C=O) groups excluding carboxylic acids is 1. The average Bonchev–Trinajstić information content (AvgIpc) is 3.05. The highest BCUT2D eigenvalue weighted by Gasteiger charge is 2.27. The Balaban J connectivity index is 1.68. The van der Waals surface area contributed by atoms with Gasteiger partial charge in [-0.05, 0) is 56.9 Å². The molecule has 3 aromatic heterocycles. The molecule has 2 aromatic carbocycles. The highest BCUT2D eigenvalue weighted by Crippen LogP contribution is 2.37. The van der Waals surface area contributed by atoms with Crippen molar-refractivity contribution < 1.29 is 23.0 Å². The van der Waals surface area contributed by atoms with Crippen LogP contribution in [0.1, 0.15) is 18.5 Å². The minimum absolute atomic E-state index is 0.183. The first kappa shape index (κ1) is 32.7. The molecule has 0 radical (unpaired) electrons. The molecule has 0 aliphatic rings. The number of rotatable bonds is 11. The van der Waals surface area contributed by atoms with E-state index in [1.165, 1.54) is 37.1 Å². The molecule has 0 saturated heterocycles. The zero-order valence-corrected chi connectivity index (χ0v) is 26.4. The van der Waals surface area contributed by atoms with Gasteiger partial charge < -0.3 is 25.0 Å². The van der Waals surface area contributed by atoms with Gasteiger partial charge in [0.05, 0.1) is 31.4 Å². The summed E-state index contributed by atoms with van der Waals surface area (Å²) in [6.07, 6.45) is 7.84. The Morgan fingerprint density at radius 3 is 2.38 bits per heavy atom. The van der Waals surface area contributed by atoms with E-state index in [1.807, 2.05) is 19.0 Å². The van der Waals surface area contributed by atoms with Crippen molar-refractivity contribution >= 4 is 34.3 Å². The number of methoxy groups -OCH3 is 2. The Kier molecular flexibility index (Phi) is 9.85. The van der Waals surface area contributed by atoms with E-state index in [9.17, 15) is 9.59 Å². The molecule has 0 aliphatic carbocycles. The second-order valence-electron chi connectivity index (χ2n) is 10.8. The van der Waals surface area contributed by atoms with Crippen LogP contribution in [-0.4, -0.2) is 65.2 Å². The first-order chi connectivity index (χ1) is 22.6. The fourth-order valence-corrected chi connectivity index (χ4v) is 4.99. The largest absolute Gasteiger partial charge is 0.494 e. The molecule has 0 fully saturated rings. The van der Waals surface area contributed by atoms with Crippen molar-refractivity contribution in [3.8, 4) is 22.6 Å². The van der Waals surface area contributed by atoms with Crippen molar-refractivity contribution in [1.29, 1.82) is 0 Å². The summed E-state index contributed by atoms with van der Waals surface area (Å²) in [4.78, 5) is 41.9. The number of carbonyl (C=O) groups is 1. The Morgan fingerprint density at radius 1 is 1.02 bits per heavy atom. The number of aromatic nitrogens is 4. The van der Waals surface area contributed by atoms with E-state index >= 15 is 8.78 Å². The number of hydrogen-bond donors (Lipinski definition) is 2. The molecular formula is C34H33F2N7O4. The lowest BCUT2D eigenvalue weighted by atomic mass is 10.0. The number of anilines is 3. The standard InChI is InChI=1S/C34H33F2N7O4/c1-20(21-8-6-9-24(16-21)39-28(44)10-7-15-42(2)3)43-32-22(19-38-34(41-32)40-23-11-13-37-14-12-23)17-25(33(43)45)29-30(35)26(46-4)18-27(47-5)31(29)36/h6-14,16-20H,15H2,1-5H3,(H,39,44)(H,37,38,40,41)/b10-7+. The van der Waals surface area contributed by atoms with Crippen LogP contribution in [0.5, 0.6) is 11.5 Å². The monoisotopic (exact) mass is 641 g/mol. The van der Waals surface area contributed by atoms with Gasteiger partial charge in [-0.3, -0.25) is 19.1 Å². The third-order valence-electron chi connectivity index (χ3n) is 7.32. The highest BCUT2D eigenvalue weighted by molar-refractivity contribution is 5.99. The SMILES string of the molecule is COc1cc(OC)c(F)c(-c2cc3cnc(Nc4ccncc4)nc3n(C(C)c3cccc(NC(=O)/C=C/CN(C)C)c3)c2=O)c1F. The van der Waals surface area contributed by atoms with Crippen molar-refractivity contribution in [2.75, 3.05) is 45.5 Å². The first-order valence-corrected chi connectivity index (χ1v) is 14.5. The lowest BCUT2D eigenvalue weighted by Crippen LogP contribution is -2.27. The minimum Gasteiger partial charge on any atom is -0.494 e. The zero-order chi connectivity index (χ0) is 33.7. The molecule has 13 heteroatoms. The molecule has 0 saturated carbocycles. The number of benzene rings is 2. The quantitative estimate of drug-likeness (QED) is 0.179. The van der Waals surface area contributed by atoms with Crippen LogP contribution in [0.15, 0.2) is 84.1 Å². The molecule has 47 heavy (non-hydrogen) atoms. The van der Waals surface area contributed by atoms with Gasteiger partial charge in [0.2, 0.25) is 11.9 Å². The molecule has 1 amide bonds. The number of nitrogens with one attached hydrogen (secondary N) is 2. The second kappa shape index (κ2) is 14.2. The van der Waals surface area contributed by atoms with Gasteiger partial charge >= 0.3 is 0 Å². The number of likely N-dealkylation sites (N-methyl/N-ethyl adjacent to an activating group) is 1. The summed E-state index contributed by atoms with van der Waals surface area (Å²) in [7, 11) is 6.25. The van der Waals surface area contributed by atoms with E-state index in [-0.39, 0.29) is 34.6 Å². The first-order valence-electron chi connectivity index (χ1n) is 14.5. The Labute approximate surface area is 269 Å². The third kappa shape index (κ3) is 7.10. The van der Waals surface area contributed by atoms with Gasteiger partial charge in [-0.2, -0.15) is 4.98 Å². The average molecular weight is 642 g/mol. The van der Waals surface area contributed by atoms with E-state index in [1.54, 1.807) is 61.8 Å². The molecule has 0 spiro atoms. The smallest absolute Gasteiger partial charge is 0.260 e. The Bertz CT molecular complexity index is 1990. The molecule has 11 nitrogen and oxygen atoms in total. The highest BCUT2D eigenvalue weighted by atomic mass is 19.1. The number of amides is 1. The number of ether oxygens (including phenoxy) is 2. The van der Waals surface area contributed by atoms with Crippen LogP contribution in [-0.2, 0) is 4.79 Å². The van der Waals surface area contributed by atoms with E-state index < -0.39 is 28.8 Å². The second-order valence-corrected chi connectivity index (χ2v) is 10.8. The predicted octanol–water partition coefficient (Wildman–Crippen LogP) is 5.56. The van der Waals surface area contributed by atoms with Gasteiger partial charge in [0, 0.05) is 54.0 Å². The molecule has 0 bridgehead atoms. The summed E-state index contributed by atoms with van der Waals surface area (Å²) in [6.45, 7) is 2.34. The summed E-state index contributed by atoms with van der Waals surface area (Å²) in [6, 6.07) is 12.1. The van der Waals surface area contributed by atoms with Crippen LogP contribution in [0.4, 0.5) is 26.1 Å². The van der Waals surface area contributed by atoms with Crippen LogP contribution in [0, 0.1) is 11.6 Å². The summed E-state index contributed by atoms with van der Waals surface area (Å²) in [5.41, 5.74) is 0.346. The summed E-state index contributed by atoms with van der Waals surface area (Å²) >= 11 is 0. The number of fused-ring (bicyclic) bond motifs is 1. The van der Waals surface area contributed by atoms with Gasteiger partial charge in [-0.15, -0.1) is 0 Å². The summed E-state index contributed by atoms with van der Waals surface area (Å²) in [5, 5.41) is 6.25. The van der Waals surface area contributed by atoms with Crippen molar-refractivity contribution in [3.05, 3.63) is 107 Å². The van der Waals surface area contributed by atoms with Crippen molar-refractivity contribution in [1.82, 2.24) is 24.4 Å². The van der Waals surface area contributed by atoms with Gasteiger partial charge in [0.1, 0.15) is 5.65 Å². The van der Waals surface area contributed by atoms with Gasteiger partial charge in [-0.25, -0.2) is 13.8 Å². The van der Waals surface area contributed by atoms with Crippen LogP contribution in [0.2, 0.25) is 0 Å². The van der Waals surface area contributed by atoms with Gasteiger partial charge in [-0.1, -0.05) is 18.2 Å². The molecular weight excluding hydrogens is 608 g/mol. The van der Waals surface area contributed by atoms with E-state index in [0.717, 1.165) is 6.07 Å². The Morgan fingerprint density at radius 2 is 1.72 bits per heavy atom. The van der Waals surface area contributed by atoms with Crippen molar-refractivity contribution in [2.45, 2.75) is 13.0 Å². The molecule has 5 aromatic rings. The lowest BCUT2D eigenvalue weighted by Gasteiger charge is -2.21. The number of nitrogens with zero attached hydrogens (tertiary/aromatic N) is 5. The fraction of sp³-hybridized carbons (Fsp3) is 0.206. The van der Waals surface area contributed by atoms with E-state index in [2.05, 4.69) is 25.6 Å². The molecule has 5 rings (SSSR count). The zero-order valence-electron chi connectivity index (χ0n) is 26.4. The topological polar surface area (TPSA) is 124 Å². The lowest BCUT2D eigenvalue weighted by molar-refractivity contribution is -0.111. The maximum Gasteiger partial charge on any atom is 0.260 e. The van der Waals surface area contributed by atoms with Gasteiger partial charge in [0.25, 0.3) is 5.56 Å². The molecule has 0 aliphatic heterocycles. The van der Waals surface area contributed by atoms with Gasteiger partial charge in [0.15, 0.2) is 23.1 Å². The van der Waals surface area contributed by atoms with Crippen LogP contribution < -0.4 is 25.7 Å². The molecule has 2 N–H and O–H groups in total.